The van der Waals surface area contributed by atoms with Gasteiger partial charge in [0, 0.05) is 37.0 Å². The lowest BCUT2D eigenvalue weighted by Crippen LogP contribution is -2.39. The van der Waals surface area contributed by atoms with Crippen molar-refractivity contribution in [3.05, 3.63) is 172 Å². The summed E-state index contributed by atoms with van der Waals surface area (Å²) in [7, 11) is 0. The van der Waals surface area contributed by atoms with Gasteiger partial charge in [-0.15, -0.1) is 11.3 Å². The van der Waals surface area contributed by atoms with Crippen molar-refractivity contribution in [1.82, 2.24) is 0 Å². The maximum atomic E-state index is 13.5. The van der Waals surface area contributed by atoms with Gasteiger partial charge in [-0.1, -0.05) is 92.7 Å². The Bertz CT molecular complexity index is 2340. The highest BCUT2D eigenvalue weighted by Crippen LogP contribution is 2.62. The molecule has 1 spiro atoms. The van der Waals surface area contributed by atoms with Crippen LogP contribution < -0.4 is 15.1 Å². The molecule has 4 heteroatoms. The normalized spacial score (nSPS) is 14.2. The zero-order chi connectivity index (χ0) is 30.3. The van der Waals surface area contributed by atoms with E-state index in [0.717, 1.165) is 59.9 Å². The fourth-order valence-corrected chi connectivity index (χ4v) is 8.56. The van der Waals surface area contributed by atoms with E-state index >= 15 is 0 Å². The quantitative estimate of drug-likeness (QED) is 0.185. The van der Waals surface area contributed by atoms with Crippen LogP contribution >= 0.6 is 11.3 Å². The van der Waals surface area contributed by atoms with E-state index in [9.17, 15) is 4.79 Å². The Balaban J connectivity index is 1.37. The molecule has 7 aromatic rings. The zero-order valence-corrected chi connectivity index (χ0v) is 25.8. The highest BCUT2D eigenvalue weighted by atomic mass is 32.1. The van der Waals surface area contributed by atoms with Crippen molar-refractivity contribution in [1.29, 1.82) is 0 Å². The third-order valence-corrected chi connectivity index (χ3v) is 10.6. The Hall–Kier alpha value is -5.19. The van der Waals surface area contributed by atoms with Gasteiger partial charge in [0.25, 0.3) is 0 Å². The molecule has 0 fully saturated rings. The molecule has 9 rings (SSSR count). The van der Waals surface area contributed by atoms with Crippen molar-refractivity contribution >= 4 is 48.6 Å². The van der Waals surface area contributed by atoms with Crippen molar-refractivity contribution in [2.45, 2.75) is 25.2 Å². The molecule has 3 heterocycles. The summed E-state index contributed by atoms with van der Waals surface area (Å²) in [5.41, 5.74) is 8.74. The molecular weight excluding hydrogens is 571 g/mol. The van der Waals surface area contributed by atoms with Crippen LogP contribution in [0.25, 0.3) is 20.2 Å². The van der Waals surface area contributed by atoms with Gasteiger partial charge < -0.3 is 9.64 Å². The monoisotopic (exact) mass is 599 g/mol. The summed E-state index contributed by atoms with van der Waals surface area (Å²) < 4.78 is 8.62. The SMILES string of the molecule is CC(C)c1ccc2c(c1)C1(c3ccccc3O2)c2ccccc2N(c2ccc3c(=O)c4ccccc4sc3c2)c2ccccc21. The van der Waals surface area contributed by atoms with Gasteiger partial charge in [0.1, 0.15) is 11.5 Å². The molecule has 0 N–H and O–H groups in total. The second-order valence-electron chi connectivity index (χ2n) is 12.2. The van der Waals surface area contributed by atoms with Gasteiger partial charge in [0.2, 0.25) is 0 Å². The molecule has 3 nitrogen and oxygen atoms in total. The van der Waals surface area contributed by atoms with Crippen molar-refractivity contribution in [3.8, 4) is 11.5 Å². The van der Waals surface area contributed by atoms with E-state index in [2.05, 4.69) is 122 Å². The van der Waals surface area contributed by atoms with Crippen LogP contribution in [0.2, 0.25) is 0 Å². The first kappa shape index (κ1) is 26.2. The molecule has 2 aliphatic rings. The second-order valence-corrected chi connectivity index (χ2v) is 13.3. The highest BCUT2D eigenvalue weighted by Gasteiger charge is 2.51. The minimum absolute atomic E-state index is 0.0840. The predicted octanol–water partition coefficient (Wildman–Crippen LogP) is 10.8. The van der Waals surface area contributed by atoms with E-state index in [-0.39, 0.29) is 5.43 Å². The fourth-order valence-electron chi connectivity index (χ4n) is 7.45. The summed E-state index contributed by atoms with van der Waals surface area (Å²) in [6.07, 6.45) is 0. The lowest BCUT2D eigenvalue weighted by Gasteiger charge is -2.48. The van der Waals surface area contributed by atoms with Crippen molar-refractivity contribution < 1.29 is 4.74 Å². The Kier molecular flexibility index (Phi) is 5.63. The summed E-state index contributed by atoms with van der Waals surface area (Å²) >= 11 is 1.67. The van der Waals surface area contributed by atoms with Crippen LogP contribution in [0.4, 0.5) is 17.1 Å². The number of nitrogens with zero attached hydrogens (tertiary/aromatic N) is 1. The van der Waals surface area contributed by atoms with Gasteiger partial charge in [-0.2, -0.15) is 0 Å². The topological polar surface area (TPSA) is 29.5 Å². The molecule has 0 atom stereocenters. The number of para-hydroxylation sites is 3. The molecule has 1 aromatic heterocycles. The number of hydrogen-bond donors (Lipinski definition) is 0. The van der Waals surface area contributed by atoms with E-state index < -0.39 is 5.41 Å². The Morgan fingerprint density at radius 2 is 1.22 bits per heavy atom. The molecule has 0 aliphatic carbocycles. The maximum absolute atomic E-state index is 13.5. The zero-order valence-electron chi connectivity index (χ0n) is 25.0. The minimum atomic E-state index is -0.587. The van der Waals surface area contributed by atoms with Crippen LogP contribution in [0.5, 0.6) is 11.5 Å². The van der Waals surface area contributed by atoms with Gasteiger partial charge in [-0.3, -0.25) is 4.79 Å². The van der Waals surface area contributed by atoms with Gasteiger partial charge in [-0.05, 0) is 77.2 Å². The molecule has 6 aromatic carbocycles. The van der Waals surface area contributed by atoms with E-state index in [1.54, 1.807) is 11.3 Å². The number of anilines is 3. The third-order valence-electron chi connectivity index (χ3n) is 9.50. The average Bonchev–Trinajstić information content (AvgIpc) is 3.08. The van der Waals surface area contributed by atoms with Crippen molar-refractivity contribution in [2.75, 3.05) is 4.90 Å². The van der Waals surface area contributed by atoms with E-state index in [0.29, 0.717) is 5.92 Å². The van der Waals surface area contributed by atoms with E-state index in [4.69, 9.17) is 4.74 Å². The molecule has 216 valence electrons. The van der Waals surface area contributed by atoms with Gasteiger partial charge in [0.15, 0.2) is 5.43 Å². The number of hydrogen-bond acceptors (Lipinski definition) is 4. The lowest BCUT2D eigenvalue weighted by molar-refractivity contribution is 0.433. The smallest absolute Gasteiger partial charge is 0.195 e. The van der Waals surface area contributed by atoms with Crippen LogP contribution in [0.15, 0.2) is 138 Å². The first-order valence-corrected chi connectivity index (χ1v) is 16.2. The first-order valence-electron chi connectivity index (χ1n) is 15.4. The Morgan fingerprint density at radius 3 is 1.98 bits per heavy atom. The summed E-state index contributed by atoms with van der Waals surface area (Å²) in [5, 5.41) is 1.53. The maximum Gasteiger partial charge on any atom is 0.195 e. The lowest BCUT2D eigenvalue weighted by atomic mass is 9.61. The fraction of sp³-hybridized carbons (Fsp3) is 0.0976. The molecular formula is C41H29NO2S. The standard InChI is InChI=1S/C41H29NO2S/c1-25(2)26-19-22-37-33(23-26)41(32-14-6-9-17-36(32)44-37)30-12-4-7-15-34(30)42(35-16-8-5-13-31(35)41)27-20-21-29-39(24-27)45-38-18-10-3-11-28(38)40(29)43/h3-25H,1-2H3. The Labute approximate surface area is 265 Å². The first-order chi connectivity index (χ1) is 22.1. The second kappa shape index (κ2) is 9.65. The van der Waals surface area contributed by atoms with Crippen LogP contribution in [-0.2, 0) is 5.41 Å². The van der Waals surface area contributed by atoms with Crippen LogP contribution in [0.3, 0.4) is 0 Å². The third kappa shape index (κ3) is 3.60. The number of fused-ring (bicyclic) bond motifs is 10. The summed E-state index contributed by atoms with van der Waals surface area (Å²) in [5.74, 6) is 2.14. The molecule has 0 amide bonds. The largest absolute Gasteiger partial charge is 0.457 e. The van der Waals surface area contributed by atoms with Crippen LogP contribution in [0, 0.1) is 0 Å². The number of ether oxygens (including phenoxy) is 1. The molecule has 0 unspecified atom stereocenters. The van der Waals surface area contributed by atoms with Crippen LogP contribution in [-0.4, -0.2) is 0 Å². The van der Waals surface area contributed by atoms with Gasteiger partial charge in [0.05, 0.1) is 16.8 Å². The molecule has 0 saturated heterocycles. The van der Waals surface area contributed by atoms with Gasteiger partial charge in [-0.25, -0.2) is 0 Å². The Morgan fingerprint density at radius 1 is 0.600 bits per heavy atom. The van der Waals surface area contributed by atoms with Gasteiger partial charge >= 0.3 is 0 Å². The molecule has 2 aliphatic heterocycles. The molecule has 45 heavy (non-hydrogen) atoms. The van der Waals surface area contributed by atoms with Crippen LogP contribution in [0.1, 0.15) is 47.6 Å². The average molecular weight is 600 g/mol. The number of benzene rings is 6. The number of rotatable bonds is 2. The summed E-state index contributed by atoms with van der Waals surface area (Å²) in [6, 6.07) is 46.9. The molecule has 0 radical (unpaired) electrons. The van der Waals surface area contributed by atoms with Crippen molar-refractivity contribution in [2.24, 2.45) is 0 Å². The minimum Gasteiger partial charge on any atom is -0.457 e. The summed E-state index contributed by atoms with van der Waals surface area (Å²) in [6.45, 7) is 4.49. The molecule has 0 bridgehead atoms. The van der Waals surface area contributed by atoms with Crippen molar-refractivity contribution in [3.63, 3.8) is 0 Å². The predicted molar refractivity (Wildman–Crippen MR) is 186 cm³/mol. The summed E-state index contributed by atoms with van der Waals surface area (Å²) in [4.78, 5) is 15.8. The van der Waals surface area contributed by atoms with E-state index in [1.165, 1.54) is 16.7 Å². The molecule has 0 saturated carbocycles. The van der Waals surface area contributed by atoms with E-state index in [1.807, 2.05) is 30.3 Å². The highest BCUT2D eigenvalue weighted by molar-refractivity contribution is 7.24.